The molecule has 2 heterocycles. The Morgan fingerprint density at radius 2 is 0.919 bits per heavy atom. The van der Waals surface area contributed by atoms with Gasteiger partial charge in [-0.05, 0) is 73.9 Å². The van der Waals surface area contributed by atoms with E-state index in [1.54, 1.807) is 14.2 Å². The molecule has 0 aromatic heterocycles. The first-order valence-corrected chi connectivity index (χ1v) is 15.5. The number of benzene rings is 3. The van der Waals surface area contributed by atoms with Crippen LogP contribution in [0.3, 0.4) is 0 Å². The highest BCUT2D eigenvalue weighted by Gasteiger charge is 2.29. The van der Waals surface area contributed by atoms with Gasteiger partial charge in [-0.2, -0.15) is 23.5 Å². The van der Waals surface area contributed by atoms with E-state index in [-0.39, 0.29) is 10.8 Å². The zero-order valence-electron chi connectivity index (χ0n) is 23.6. The Balaban J connectivity index is 1.70. The topological polar surface area (TPSA) is 18.5 Å². The molecule has 0 fully saturated rings. The Morgan fingerprint density at radius 3 is 1.27 bits per heavy atom. The summed E-state index contributed by atoms with van der Waals surface area (Å²) in [5.74, 6) is 5.70. The molecule has 0 amide bonds. The molecule has 4 heteroatoms. The highest BCUT2D eigenvalue weighted by atomic mass is 32.2. The van der Waals surface area contributed by atoms with Gasteiger partial charge in [-0.1, -0.05) is 65.8 Å². The predicted molar refractivity (Wildman–Crippen MR) is 162 cm³/mol. The first-order chi connectivity index (χ1) is 17.5. The van der Waals surface area contributed by atoms with Crippen molar-refractivity contribution < 1.29 is 9.47 Å². The Hall–Kier alpha value is -2.04. The van der Waals surface area contributed by atoms with Crippen molar-refractivity contribution in [3.05, 3.63) is 80.9 Å². The minimum atomic E-state index is 0.102. The largest absolute Gasteiger partial charge is 0.496 e. The zero-order valence-corrected chi connectivity index (χ0v) is 25.3. The molecule has 3 aromatic carbocycles. The molecular formula is C33H40O2S2. The van der Waals surface area contributed by atoms with Gasteiger partial charge in [0.25, 0.3) is 0 Å². The third kappa shape index (κ3) is 5.16. The van der Waals surface area contributed by atoms with Crippen LogP contribution in [0.1, 0.15) is 86.1 Å². The molecule has 0 spiro atoms. The molecule has 4 bridgehead atoms. The molecule has 0 saturated carbocycles. The van der Waals surface area contributed by atoms with Gasteiger partial charge in [0.15, 0.2) is 0 Å². The molecule has 0 radical (unpaired) electrons. The lowest BCUT2D eigenvalue weighted by atomic mass is 9.82. The van der Waals surface area contributed by atoms with E-state index in [0.29, 0.717) is 0 Å². The molecule has 3 aliphatic rings. The fraction of sp³-hybridized carbons (Fsp3) is 0.455. The van der Waals surface area contributed by atoms with Gasteiger partial charge in [0, 0.05) is 34.1 Å². The van der Waals surface area contributed by atoms with E-state index in [1.807, 2.05) is 23.5 Å². The number of hydrogen-bond donors (Lipinski definition) is 0. The number of hydrogen-bond acceptors (Lipinski definition) is 4. The average Bonchev–Trinajstić information content (AvgIpc) is 3.21. The van der Waals surface area contributed by atoms with Crippen molar-refractivity contribution in [2.75, 3.05) is 14.2 Å². The van der Waals surface area contributed by atoms with Gasteiger partial charge >= 0.3 is 0 Å². The molecule has 2 aliphatic heterocycles. The second-order valence-corrected chi connectivity index (χ2v) is 14.4. The fourth-order valence-corrected chi connectivity index (χ4v) is 7.50. The molecule has 3 aromatic rings. The van der Waals surface area contributed by atoms with Crippen molar-refractivity contribution >= 4 is 23.5 Å². The van der Waals surface area contributed by atoms with E-state index in [1.165, 1.54) is 55.6 Å². The van der Waals surface area contributed by atoms with E-state index < -0.39 is 0 Å². The molecular weight excluding hydrogens is 492 g/mol. The molecule has 0 atom stereocenters. The number of rotatable bonds is 2. The van der Waals surface area contributed by atoms with Crippen LogP contribution in [0.2, 0.25) is 0 Å². The van der Waals surface area contributed by atoms with Crippen LogP contribution in [0.4, 0.5) is 0 Å². The maximum atomic E-state index is 5.83. The third-order valence-electron chi connectivity index (χ3n) is 7.77. The lowest BCUT2D eigenvalue weighted by Gasteiger charge is -2.24. The molecule has 0 N–H and O–H groups in total. The van der Waals surface area contributed by atoms with E-state index in [0.717, 1.165) is 40.9 Å². The number of methoxy groups -OCH3 is 2. The molecule has 0 unspecified atom stereocenters. The van der Waals surface area contributed by atoms with Crippen molar-refractivity contribution in [1.82, 2.24) is 0 Å². The van der Waals surface area contributed by atoms with Gasteiger partial charge in [0.1, 0.15) is 11.5 Å². The summed E-state index contributed by atoms with van der Waals surface area (Å²) < 4.78 is 11.7. The van der Waals surface area contributed by atoms with Crippen molar-refractivity contribution in [3.8, 4) is 22.6 Å². The van der Waals surface area contributed by atoms with Crippen LogP contribution in [0.15, 0.2) is 36.4 Å². The van der Waals surface area contributed by atoms with E-state index in [9.17, 15) is 0 Å². The summed E-state index contributed by atoms with van der Waals surface area (Å²) in [6, 6.07) is 14.3. The Kier molecular flexibility index (Phi) is 7.13. The first kappa shape index (κ1) is 26.6. The van der Waals surface area contributed by atoms with Crippen LogP contribution >= 0.6 is 23.5 Å². The summed E-state index contributed by atoms with van der Waals surface area (Å²) >= 11 is 3.94. The fourth-order valence-electron chi connectivity index (χ4n) is 5.45. The summed E-state index contributed by atoms with van der Waals surface area (Å²) in [7, 11) is 3.56. The monoisotopic (exact) mass is 532 g/mol. The van der Waals surface area contributed by atoms with Gasteiger partial charge in [-0.25, -0.2) is 0 Å². The predicted octanol–water partition coefficient (Wildman–Crippen LogP) is 9.05. The van der Waals surface area contributed by atoms with Gasteiger partial charge in [0.2, 0.25) is 0 Å². The van der Waals surface area contributed by atoms with Gasteiger partial charge in [0.05, 0.1) is 14.2 Å². The Labute approximate surface area is 231 Å². The van der Waals surface area contributed by atoms with Crippen LogP contribution in [-0.4, -0.2) is 14.2 Å². The SMILES string of the molecule is COc1cc2c(OC)cc1CSCc1cc(C(C)(C)C)cc3c1Cc1c(cc(C(C)(C)C)cc1-3)CSC2. The number of thioether (sulfide) groups is 2. The second kappa shape index (κ2) is 9.93. The number of fused-ring (bicyclic) bond motifs is 7. The van der Waals surface area contributed by atoms with Gasteiger partial charge in [-0.3, -0.25) is 0 Å². The smallest absolute Gasteiger partial charge is 0.123 e. The van der Waals surface area contributed by atoms with E-state index in [4.69, 9.17) is 9.47 Å². The highest BCUT2D eigenvalue weighted by Crippen LogP contribution is 2.46. The second-order valence-electron chi connectivity index (χ2n) is 12.5. The van der Waals surface area contributed by atoms with Crippen LogP contribution in [-0.2, 0) is 40.3 Å². The van der Waals surface area contributed by atoms with Crippen LogP contribution in [0, 0.1) is 0 Å². The molecule has 2 nitrogen and oxygen atoms in total. The standard InChI is InChI=1S/C33H40O2S2/c1-32(2,3)24-9-20-16-36-18-22-11-31(35-8)23(12-30(22)34-7)19-37-17-21-10-25(33(4,5)6)14-29-27(21)15-26(20)28(29)13-24/h9-14H,15-19H2,1-8H3. The minimum absolute atomic E-state index is 0.102. The summed E-state index contributed by atoms with van der Waals surface area (Å²) in [5.41, 5.74) is 14.4. The zero-order chi connectivity index (χ0) is 26.5. The summed E-state index contributed by atoms with van der Waals surface area (Å²) in [6.45, 7) is 14.0. The maximum absolute atomic E-state index is 5.83. The van der Waals surface area contributed by atoms with Crippen molar-refractivity contribution in [1.29, 1.82) is 0 Å². The van der Waals surface area contributed by atoms with Crippen molar-refractivity contribution in [2.45, 2.75) is 81.8 Å². The lowest BCUT2D eigenvalue weighted by Crippen LogP contribution is -2.13. The van der Waals surface area contributed by atoms with Crippen LogP contribution in [0.5, 0.6) is 11.5 Å². The normalized spacial score (nSPS) is 15.4. The van der Waals surface area contributed by atoms with Crippen LogP contribution in [0.25, 0.3) is 11.1 Å². The minimum Gasteiger partial charge on any atom is -0.496 e. The quantitative estimate of drug-likeness (QED) is 0.256. The first-order valence-electron chi connectivity index (χ1n) is 13.2. The van der Waals surface area contributed by atoms with E-state index >= 15 is 0 Å². The van der Waals surface area contributed by atoms with Gasteiger partial charge in [-0.15, -0.1) is 0 Å². The maximum Gasteiger partial charge on any atom is 0.123 e. The Bertz CT molecular complexity index is 1240. The Morgan fingerprint density at radius 1 is 0.541 bits per heavy atom. The molecule has 1 aliphatic carbocycles. The molecule has 37 heavy (non-hydrogen) atoms. The van der Waals surface area contributed by atoms with E-state index in [2.05, 4.69) is 77.9 Å². The molecule has 196 valence electrons. The molecule has 6 rings (SSSR count). The molecule has 0 saturated heterocycles. The van der Waals surface area contributed by atoms with Crippen molar-refractivity contribution in [3.63, 3.8) is 0 Å². The lowest BCUT2D eigenvalue weighted by molar-refractivity contribution is 0.397. The summed E-state index contributed by atoms with van der Waals surface area (Å²) in [5, 5.41) is 0. The highest BCUT2D eigenvalue weighted by molar-refractivity contribution is 7.98. The average molecular weight is 533 g/mol. The van der Waals surface area contributed by atoms with Crippen LogP contribution < -0.4 is 9.47 Å². The van der Waals surface area contributed by atoms with Crippen molar-refractivity contribution in [2.24, 2.45) is 0 Å². The summed E-state index contributed by atoms with van der Waals surface area (Å²) in [4.78, 5) is 0. The summed E-state index contributed by atoms with van der Waals surface area (Å²) in [6.07, 6.45) is 1.04. The van der Waals surface area contributed by atoms with Gasteiger partial charge < -0.3 is 9.47 Å². The third-order valence-corrected chi connectivity index (χ3v) is 9.83. The number of ether oxygens (including phenoxy) is 2.